The molecule has 0 aromatic heterocycles. The van der Waals surface area contributed by atoms with Crippen molar-refractivity contribution in [3.8, 4) is 16.9 Å². The number of rotatable bonds is 3. The van der Waals surface area contributed by atoms with Gasteiger partial charge in [0.15, 0.2) is 0 Å². The molecule has 0 radical (unpaired) electrons. The Labute approximate surface area is 147 Å². The fourth-order valence-corrected chi connectivity index (χ4v) is 3.16. The summed E-state index contributed by atoms with van der Waals surface area (Å²) in [6, 6.07) is 11.7. The first-order valence-electron chi connectivity index (χ1n) is 7.13. The van der Waals surface area contributed by atoms with Crippen molar-refractivity contribution in [3.63, 3.8) is 0 Å². The van der Waals surface area contributed by atoms with E-state index in [0.29, 0.717) is 16.6 Å². The van der Waals surface area contributed by atoms with Gasteiger partial charge in [-0.2, -0.15) is 0 Å². The molecule has 0 saturated heterocycles. The highest BCUT2D eigenvalue weighted by Crippen LogP contribution is 2.41. The van der Waals surface area contributed by atoms with Crippen LogP contribution in [0, 0.1) is 0 Å². The second kappa shape index (κ2) is 7.56. The van der Waals surface area contributed by atoms with Crippen LogP contribution in [0.3, 0.4) is 0 Å². The molecule has 0 aliphatic carbocycles. The smallest absolute Gasteiger partial charge is 0.130 e. The normalized spacial score (nSPS) is 16.4. The fourth-order valence-electron chi connectivity index (χ4n) is 2.77. The van der Waals surface area contributed by atoms with Gasteiger partial charge in [0.05, 0.1) is 0 Å². The molecule has 0 unspecified atom stereocenters. The van der Waals surface area contributed by atoms with Crippen LogP contribution in [0.2, 0.25) is 10.0 Å². The molecular formula is C17H18Cl3NO. The zero-order valence-electron chi connectivity index (χ0n) is 12.0. The summed E-state index contributed by atoms with van der Waals surface area (Å²) in [5.74, 6) is 0.923. The third-order valence-electron chi connectivity index (χ3n) is 3.82. The van der Waals surface area contributed by atoms with Gasteiger partial charge in [0.1, 0.15) is 11.9 Å². The molecule has 0 spiro atoms. The Morgan fingerprint density at radius 1 is 1.14 bits per heavy atom. The summed E-state index contributed by atoms with van der Waals surface area (Å²) in [6.07, 6.45) is 3.07. The molecule has 0 bridgehead atoms. The number of para-hydroxylation sites is 1. The summed E-state index contributed by atoms with van der Waals surface area (Å²) >= 11 is 12.4. The average molecular weight is 359 g/mol. The molecule has 1 aliphatic heterocycles. The van der Waals surface area contributed by atoms with Crippen molar-refractivity contribution in [2.45, 2.75) is 25.4 Å². The number of nitrogens with two attached hydrogens (primary N) is 1. The highest BCUT2D eigenvalue weighted by Gasteiger charge is 2.23. The Bertz CT molecular complexity index is 660. The van der Waals surface area contributed by atoms with Crippen LogP contribution >= 0.6 is 35.6 Å². The lowest BCUT2D eigenvalue weighted by Crippen LogP contribution is -2.25. The van der Waals surface area contributed by atoms with Gasteiger partial charge in [-0.25, -0.2) is 0 Å². The summed E-state index contributed by atoms with van der Waals surface area (Å²) in [5, 5.41) is 1.35. The Morgan fingerprint density at radius 3 is 2.73 bits per heavy atom. The van der Waals surface area contributed by atoms with Gasteiger partial charge < -0.3 is 10.5 Å². The van der Waals surface area contributed by atoms with E-state index in [1.807, 2.05) is 24.3 Å². The lowest BCUT2D eigenvalue weighted by molar-refractivity contribution is 0.167. The Balaban J connectivity index is 0.00000176. The van der Waals surface area contributed by atoms with E-state index in [2.05, 4.69) is 6.07 Å². The third kappa shape index (κ3) is 3.52. The molecule has 1 aliphatic rings. The summed E-state index contributed by atoms with van der Waals surface area (Å²) in [5.41, 5.74) is 8.79. The second-order valence-electron chi connectivity index (χ2n) is 5.27. The van der Waals surface area contributed by atoms with Crippen LogP contribution in [-0.4, -0.2) is 12.6 Å². The molecule has 2 aromatic carbocycles. The van der Waals surface area contributed by atoms with Crippen LogP contribution in [-0.2, 0) is 6.42 Å². The molecule has 22 heavy (non-hydrogen) atoms. The average Bonchev–Trinajstić information content (AvgIpc) is 2.49. The van der Waals surface area contributed by atoms with Gasteiger partial charge in [-0.3, -0.25) is 0 Å². The number of halogens is 3. The minimum Gasteiger partial charge on any atom is -0.489 e. The van der Waals surface area contributed by atoms with Gasteiger partial charge in [0.2, 0.25) is 0 Å². The first kappa shape index (κ1) is 17.4. The third-order valence-corrected chi connectivity index (χ3v) is 4.39. The number of aryl methyl sites for hydroxylation is 1. The van der Waals surface area contributed by atoms with E-state index in [-0.39, 0.29) is 18.5 Å². The van der Waals surface area contributed by atoms with E-state index in [4.69, 9.17) is 33.7 Å². The number of fused-ring (bicyclic) bond motifs is 1. The van der Waals surface area contributed by atoms with Gasteiger partial charge in [0, 0.05) is 21.2 Å². The van der Waals surface area contributed by atoms with Crippen LogP contribution in [0.15, 0.2) is 36.4 Å². The molecule has 3 rings (SSSR count). The number of benzene rings is 2. The number of hydrogen-bond acceptors (Lipinski definition) is 2. The van der Waals surface area contributed by atoms with Crippen molar-refractivity contribution < 1.29 is 4.74 Å². The first-order chi connectivity index (χ1) is 10.2. The Morgan fingerprint density at radius 2 is 1.95 bits per heavy atom. The fraction of sp³-hybridized carbons (Fsp3) is 0.294. The van der Waals surface area contributed by atoms with E-state index in [0.717, 1.165) is 36.1 Å². The zero-order valence-corrected chi connectivity index (χ0v) is 14.3. The van der Waals surface area contributed by atoms with E-state index in [9.17, 15) is 0 Å². The minimum absolute atomic E-state index is 0. The van der Waals surface area contributed by atoms with E-state index >= 15 is 0 Å². The van der Waals surface area contributed by atoms with Gasteiger partial charge >= 0.3 is 0 Å². The lowest BCUT2D eigenvalue weighted by atomic mass is 9.95. The number of ether oxygens (including phenoxy) is 1. The van der Waals surface area contributed by atoms with Crippen LogP contribution < -0.4 is 10.5 Å². The molecule has 1 heterocycles. The monoisotopic (exact) mass is 357 g/mol. The summed E-state index contributed by atoms with van der Waals surface area (Å²) in [6.45, 7) is 0.639. The van der Waals surface area contributed by atoms with Crippen LogP contribution in [0.1, 0.15) is 18.4 Å². The molecule has 0 saturated carbocycles. The van der Waals surface area contributed by atoms with Gasteiger partial charge in [0.25, 0.3) is 0 Å². The van der Waals surface area contributed by atoms with Gasteiger partial charge in [-0.15, -0.1) is 12.4 Å². The molecule has 118 valence electrons. The summed E-state index contributed by atoms with van der Waals surface area (Å²) in [7, 11) is 0. The lowest BCUT2D eigenvalue weighted by Gasteiger charge is -2.28. The van der Waals surface area contributed by atoms with Crippen LogP contribution in [0.25, 0.3) is 11.1 Å². The van der Waals surface area contributed by atoms with E-state index < -0.39 is 0 Å². The predicted molar refractivity (Wildman–Crippen MR) is 95.6 cm³/mol. The standard InChI is InChI=1S/C17H17Cl2NO.ClH/c18-12-5-7-16(19)15(10-12)14-3-1-2-11-4-6-13(8-9-20)21-17(11)14;/h1-3,5,7,10,13H,4,6,8-9,20H2;1H/t13-;/m1./s1. The minimum atomic E-state index is 0. The summed E-state index contributed by atoms with van der Waals surface area (Å²) < 4.78 is 6.17. The van der Waals surface area contributed by atoms with E-state index in [1.165, 1.54) is 5.56 Å². The molecule has 2 N–H and O–H groups in total. The van der Waals surface area contributed by atoms with Gasteiger partial charge in [-0.1, -0.05) is 41.4 Å². The molecular weight excluding hydrogens is 341 g/mol. The molecule has 1 atom stereocenters. The molecule has 2 aromatic rings. The maximum Gasteiger partial charge on any atom is 0.130 e. The quantitative estimate of drug-likeness (QED) is 0.826. The van der Waals surface area contributed by atoms with Crippen molar-refractivity contribution in [2.24, 2.45) is 5.73 Å². The molecule has 0 amide bonds. The topological polar surface area (TPSA) is 35.2 Å². The predicted octanol–water partition coefficient (Wildman–Crippen LogP) is 5.12. The van der Waals surface area contributed by atoms with Crippen molar-refractivity contribution in [1.29, 1.82) is 0 Å². The van der Waals surface area contributed by atoms with Crippen LogP contribution in [0.4, 0.5) is 0 Å². The summed E-state index contributed by atoms with van der Waals surface area (Å²) in [4.78, 5) is 0. The molecule has 5 heteroatoms. The highest BCUT2D eigenvalue weighted by molar-refractivity contribution is 6.35. The Kier molecular flexibility index (Phi) is 5.99. The van der Waals surface area contributed by atoms with Crippen molar-refractivity contribution in [3.05, 3.63) is 52.0 Å². The molecule has 2 nitrogen and oxygen atoms in total. The zero-order chi connectivity index (χ0) is 14.8. The maximum absolute atomic E-state index is 6.34. The second-order valence-corrected chi connectivity index (χ2v) is 6.12. The largest absolute Gasteiger partial charge is 0.489 e. The molecule has 0 fully saturated rings. The van der Waals surface area contributed by atoms with Gasteiger partial charge in [-0.05, 0) is 49.6 Å². The SMILES string of the molecule is Cl.NCC[C@H]1CCc2cccc(-c3cc(Cl)ccc3Cl)c2O1. The van der Waals surface area contributed by atoms with E-state index in [1.54, 1.807) is 6.07 Å². The maximum atomic E-state index is 6.34. The van der Waals surface area contributed by atoms with Crippen molar-refractivity contribution >= 4 is 35.6 Å². The highest BCUT2D eigenvalue weighted by atomic mass is 35.5. The number of hydrogen-bond donors (Lipinski definition) is 1. The first-order valence-corrected chi connectivity index (χ1v) is 7.88. The van der Waals surface area contributed by atoms with Crippen molar-refractivity contribution in [1.82, 2.24) is 0 Å². The Hall–Kier alpha value is -0.930. The van der Waals surface area contributed by atoms with Crippen molar-refractivity contribution in [2.75, 3.05) is 6.54 Å². The van der Waals surface area contributed by atoms with Crippen LogP contribution in [0.5, 0.6) is 5.75 Å².